The van der Waals surface area contributed by atoms with Crippen LogP contribution in [0.15, 0.2) is 97.2 Å². The van der Waals surface area contributed by atoms with Gasteiger partial charge in [0.05, 0.1) is 18.8 Å². The number of anilines is 2. The molecule has 0 aliphatic carbocycles. The number of amides is 1. The van der Waals surface area contributed by atoms with Crippen LogP contribution in [-0.2, 0) is 20.9 Å². The zero-order chi connectivity index (χ0) is 29.9. The Morgan fingerprint density at radius 2 is 1.62 bits per heavy atom. The molecule has 0 radical (unpaired) electrons. The lowest BCUT2D eigenvalue weighted by Gasteiger charge is -2.18. The van der Waals surface area contributed by atoms with Crippen LogP contribution in [0.2, 0.25) is 5.15 Å². The lowest BCUT2D eigenvalue weighted by molar-refractivity contribution is -0.145. The molecule has 7 nitrogen and oxygen atoms in total. The number of pyridine rings is 2. The van der Waals surface area contributed by atoms with Crippen molar-refractivity contribution in [1.29, 1.82) is 0 Å². The number of halogens is 1. The summed E-state index contributed by atoms with van der Waals surface area (Å²) in [6.07, 6.45) is 1.40. The van der Waals surface area contributed by atoms with E-state index in [1.54, 1.807) is 19.2 Å². The largest absolute Gasteiger partial charge is 0.466 e. The monoisotopic (exact) mass is 580 g/mol. The van der Waals surface area contributed by atoms with Crippen molar-refractivity contribution in [2.24, 2.45) is 0 Å². The van der Waals surface area contributed by atoms with E-state index in [0.717, 1.165) is 38.7 Å². The Morgan fingerprint density at radius 3 is 2.36 bits per heavy atom. The van der Waals surface area contributed by atoms with Gasteiger partial charge in [-0.05, 0) is 53.3 Å². The zero-order valence-corrected chi connectivity index (χ0v) is 24.6. The number of hydrogen-bond donors (Lipinski definition) is 2. The molecule has 42 heavy (non-hydrogen) atoms. The Balaban J connectivity index is 0.00000198. The first-order valence-electron chi connectivity index (χ1n) is 13.9. The van der Waals surface area contributed by atoms with Gasteiger partial charge in [-0.15, -0.1) is 0 Å². The van der Waals surface area contributed by atoms with Crippen LogP contribution < -0.4 is 10.6 Å². The van der Waals surface area contributed by atoms with Crippen LogP contribution in [0.3, 0.4) is 0 Å². The summed E-state index contributed by atoms with van der Waals surface area (Å²) in [5, 5.41) is 8.35. The summed E-state index contributed by atoms with van der Waals surface area (Å²) in [7, 11) is 0. The number of aromatic nitrogens is 2. The Kier molecular flexibility index (Phi) is 10.6. The maximum atomic E-state index is 12.4. The van der Waals surface area contributed by atoms with Gasteiger partial charge in [0, 0.05) is 22.8 Å². The maximum Gasteiger partial charge on any atom is 0.315 e. The second kappa shape index (κ2) is 14.8. The topological polar surface area (TPSA) is 93.2 Å². The van der Waals surface area contributed by atoms with Crippen molar-refractivity contribution < 1.29 is 14.3 Å². The van der Waals surface area contributed by atoms with E-state index in [1.165, 1.54) is 0 Å². The van der Waals surface area contributed by atoms with Gasteiger partial charge in [-0.3, -0.25) is 14.6 Å². The van der Waals surface area contributed by atoms with Gasteiger partial charge in [-0.2, -0.15) is 0 Å². The standard InChI is InChI=1S/C32H27ClN4O3.C2H6/c1-2-40-28(39)19-27(38)36-23-14-8-12-22(18-23)29-26-16-9-15-25(21-10-4-3-5-11-21)30(26)32(37-31(29)33)35-20-24-13-6-7-17-34-24;1-2/h3-18H,2,19-20H2,1H3,(H,35,37)(H,36,38);1-2H3. The summed E-state index contributed by atoms with van der Waals surface area (Å²) < 4.78 is 4.88. The molecule has 2 aromatic heterocycles. The van der Waals surface area contributed by atoms with Gasteiger partial charge in [0.15, 0.2) is 0 Å². The third kappa shape index (κ3) is 7.30. The number of nitrogens with zero attached hydrogens (tertiary/aromatic N) is 2. The Hall–Kier alpha value is -4.75. The second-order valence-electron chi connectivity index (χ2n) is 9.01. The van der Waals surface area contributed by atoms with E-state index < -0.39 is 11.9 Å². The molecular weight excluding hydrogens is 548 g/mol. The van der Waals surface area contributed by atoms with Gasteiger partial charge < -0.3 is 15.4 Å². The van der Waals surface area contributed by atoms with E-state index in [-0.39, 0.29) is 13.0 Å². The number of esters is 1. The predicted octanol–water partition coefficient (Wildman–Crippen LogP) is 8.15. The van der Waals surface area contributed by atoms with Crippen molar-refractivity contribution in [3.8, 4) is 22.3 Å². The van der Waals surface area contributed by atoms with Crippen molar-refractivity contribution in [3.63, 3.8) is 0 Å². The van der Waals surface area contributed by atoms with Gasteiger partial charge >= 0.3 is 5.97 Å². The normalized spacial score (nSPS) is 10.4. The summed E-state index contributed by atoms with van der Waals surface area (Å²) in [6, 6.07) is 29.3. The van der Waals surface area contributed by atoms with Crippen LogP contribution >= 0.6 is 11.6 Å². The zero-order valence-electron chi connectivity index (χ0n) is 23.9. The smallest absolute Gasteiger partial charge is 0.315 e. The molecule has 0 atom stereocenters. The molecule has 5 rings (SSSR count). The van der Waals surface area contributed by atoms with Gasteiger partial charge in [0.1, 0.15) is 17.4 Å². The van der Waals surface area contributed by atoms with Crippen LogP contribution in [0.25, 0.3) is 33.0 Å². The number of nitrogens with one attached hydrogen (secondary N) is 2. The van der Waals surface area contributed by atoms with E-state index >= 15 is 0 Å². The molecule has 0 unspecified atom stereocenters. The average molecular weight is 581 g/mol. The summed E-state index contributed by atoms with van der Waals surface area (Å²) in [5.74, 6) is -0.380. The number of fused-ring (bicyclic) bond motifs is 1. The highest BCUT2D eigenvalue weighted by Crippen LogP contribution is 2.42. The predicted molar refractivity (Wildman–Crippen MR) is 170 cm³/mol. The molecule has 0 aliphatic rings. The Morgan fingerprint density at radius 1 is 0.881 bits per heavy atom. The van der Waals surface area contributed by atoms with Crippen molar-refractivity contribution in [3.05, 3.63) is 108 Å². The first kappa shape index (κ1) is 30.2. The number of benzene rings is 3. The average Bonchev–Trinajstić information content (AvgIpc) is 3.01. The lowest BCUT2D eigenvalue weighted by atomic mass is 9.94. The molecule has 1 amide bonds. The number of carbonyl (C=O) groups excluding carboxylic acids is 2. The van der Waals surface area contributed by atoms with Gasteiger partial charge in [0.2, 0.25) is 5.91 Å². The van der Waals surface area contributed by atoms with Crippen LogP contribution in [0.1, 0.15) is 32.9 Å². The van der Waals surface area contributed by atoms with Crippen molar-refractivity contribution in [2.45, 2.75) is 33.7 Å². The Labute approximate surface area is 250 Å². The maximum absolute atomic E-state index is 12.4. The molecule has 0 fully saturated rings. The first-order valence-corrected chi connectivity index (χ1v) is 14.3. The number of hydrogen-bond acceptors (Lipinski definition) is 6. The van der Waals surface area contributed by atoms with Crippen LogP contribution in [-0.4, -0.2) is 28.5 Å². The summed E-state index contributed by atoms with van der Waals surface area (Å²) in [5.41, 5.74) is 4.97. The quantitative estimate of drug-likeness (QED) is 0.104. The molecule has 8 heteroatoms. The second-order valence-corrected chi connectivity index (χ2v) is 9.36. The van der Waals surface area contributed by atoms with E-state index in [2.05, 4.69) is 33.8 Å². The Bertz CT molecular complexity index is 1660. The summed E-state index contributed by atoms with van der Waals surface area (Å²) in [6.45, 7) is 6.39. The fourth-order valence-corrected chi connectivity index (χ4v) is 4.87. The van der Waals surface area contributed by atoms with E-state index in [9.17, 15) is 9.59 Å². The van der Waals surface area contributed by atoms with Gasteiger partial charge in [-0.25, -0.2) is 4.98 Å². The van der Waals surface area contributed by atoms with Crippen molar-refractivity contribution in [2.75, 3.05) is 17.2 Å². The molecule has 0 spiro atoms. The third-order valence-corrected chi connectivity index (χ3v) is 6.55. The molecule has 3 aromatic carbocycles. The molecule has 0 bridgehead atoms. The highest BCUT2D eigenvalue weighted by molar-refractivity contribution is 6.34. The van der Waals surface area contributed by atoms with E-state index in [4.69, 9.17) is 21.3 Å². The molecule has 0 saturated carbocycles. The molecule has 5 aromatic rings. The van der Waals surface area contributed by atoms with Crippen LogP contribution in [0, 0.1) is 0 Å². The fraction of sp³-hybridized carbons (Fsp3) is 0.176. The number of ether oxygens (including phenoxy) is 1. The van der Waals surface area contributed by atoms with E-state index in [1.807, 2.05) is 80.6 Å². The van der Waals surface area contributed by atoms with Gasteiger partial charge in [0.25, 0.3) is 0 Å². The minimum Gasteiger partial charge on any atom is -0.466 e. The molecular formula is C34H33ClN4O3. The molecule has 2 N–H and O–H groups in total. The highest BCUT2D eigenvalue weighted by atomic mass is 35.5. The molecule has 2 heterocycles. The van der Waals surface area contributed by atoms with Crippen molar-refractivity contribution in [1.82, 2.24) is 9.97 Å². The fourth-order valence-electron chi connectivity index (χ4n) is 4.58. The summed E-state index contributed by atoms with van der Waals surface area (Å²) >= 11 is 6.87. The first-order chi connectivity index (χ1) is 20.5. The van der Waals surface area contributed by atoms with Gasteiger partial charge in [-0.1, -0.05) is 92.2 Å². The summed E-state index contributed by atoms with van der Waals surface area (Å²) in [4.78, 5) is 33.3. The number of carbonyl (C=O) groups is 2. The molecule has 0 saturated heterocycles. The lowest BCUT2D eigenvalue weighted by Crippen LogP contribution is -2.18. The minimum absolute atomic E-state index is 0.220. The van der Waals surface area contributed by atoms with Crippen LogP contribution in [0.5, 0.6) is 0 Å². The van der Waals surface area contributed by atoms with Crippen molar-refractivity contribution >= 4 is 45.8 Å². The highest BCUT2D eigenvalue weighted by Gasteiger charge is 2.19. The third-order valence-electron chi connectivity index (χ3n) is 6.28. The SMILES string of the molecule is CC.CCOC(=O)CC(=O)Nc1cccc(-c2c(Cl)nc(NCc3ccccn3)c3c(-c4ccccc4)cccc23)c1. The molecule has 0 aliphatic heterocycles. The minimum atomic E-state index is -0.573. The molecule has 214 valence electrons. The van der Waals surface area contributed by atoms with E-state index in [0.29, 0.717) is 23.2 Å². The number of rotatable bonds is 9. The van der Waals surface area contributed by atoms with Crippen LogP contribution in [0.4, 0.5) is 11.5 Å².